The molecule has 0 aliphatic carbocycles. The molecular formula is C11H18N4O3S. The Kier molecular flexibility index (Phi) is 3.79. The van der Waals surface area contributed by atoms with E-state index >= 15 is 0 Å². The van der Waals surface area contributed by atoms with Gasteiger partial charge < -0.3 is 20.1 Å². The molecule has 7 nitrogen and oxygen atoms in total. The normalized spacial score (nSPS) is 19.5. The van der Waals surface area contributed by atoms with E-state index in [2.05, 4.69) is 10.2 Å². The minimum absolute atomic E-state index is 0.0835. The maximum Gasteiger partial charge on any atom is 0.410 e. The second kappa shape index (κ2) is 5.20. The van der Waals surface area contributed by atoms with E-state index in [4.69, 9.17) is 15.2 Å². The summed E-state index contributed by atoms with van der Waals surface area (Å²) in [4.78, 5) is 13.5. The Morgan fingerprint density at radius 2 is 2.21 bits per heavy atom. The molecule has 0 radical (unpaired) electrons. The van der Waals surface area contributed by atoms with Crippen LogP contribution < -0.4 is 10.5 Å². The largest absolute Gasteiger partial charge is 0.464 e. The van der Waals surface area contributed by atoms with Crippen molar-refractivity contribution < 1.29 is 14.3 Å². The van der Waals surface area contributed by atoms with Crippen molar-refractivity contribution in [1.29, 1.82) is 0 Å². The molecule has 2 heterocycles. The fraction of sp³-hybridized carbons (Fsp3) is 0.727. The lowest BCUT2D eigenvalue weighted by Gasteiger charge is -2.24. The number of carbonyl (C=O) groups is 1. The smallest absolute Gasteiger partial charge is 0.410 e. The van der Waals surface area contributed by atoms with Crippen molar-refractivity contribution >= 4 is 22.6 Å². The first-order valence-electron chi connectivity index (χ1n) is 6.07. The maximum atomic E-state index is 11.9. The van der Waals surface area contributed by atoms with Crippen LogP contribution in [-0.4, -0.2) is 46.0 Å². The van der Waals surface area contributed by atoms with Gasteiger partial charge in [0, 0.05) is 13.0 Å². The Balaban J connectivity index is 1.84. The number of nitrogen functional groups attached to an aromatic ring is 1. The molecule has 8 heteroatoms. The molecule has 0 unspecified atom stereocenters. The highest BCUT2D eigenvalue weighted by Crippen LogP contribution is 2.24. The van der Waals surface area contributed by atoms with Gasteiger partial charge in [-0.1, -0.05) is 5.10 Å². The third-order valence-electron chi connectivity index (χ3n) is 2.49. The summed E-state index contributed by atoms with van der Waals surface area (Å²) in [6.07, 6.45) is 0.355. The number of likely N-dealkylation sites (tertiary alicyclic amines) is 1. The molecule has 1 saturated heterocycles. The summed E-state index contributed by atoms with van der Waals surface area (Å²) < 4.78 is 10.9. The highest BCUT2D eigenvalue weighted by molar-refractivity contribution is 7.16. The minimum Gasteiger partial charge on any atom is -0.464 e. The van der Waals surface area contributed by atoms with Gasteiger partial charge >= 0.3 is 6.09 Å². The first-order chi connectivity index (χ1) is 8.83. The zero-order valence-corrected chi connectivity index (χ0v) is 12.1. The first kappa shape index (κ1) is 13.9. The van der Waals surface area contributed by atoms with Crippen LogP contribution in [0.4, 0.5) is 9.93 Å². The van der Waals surface area contributed by atoms with E-state index in [1.54, 1.807) is 4.90 Å². The molecule has 0 bridgehead atoms. The Labute approximate surface area is 115 Å². The lowest BCUT2D eigenvalue weighted by Crippen LogP contribution is -2.36. The van der Waals surface area contributed by atoms with Gasteiger partial charge in [0.15, 0.2) is 0 Å². The molecule has 0 spiro atoms. The Hall–Kier alpha value is -1.57. The number of anilines is 1. The fourth-order valence-corrected chi connectivity index (χ4v) is 2.25. The van der Waals surface area contributed by atoms with Crippen molar-refractivity contribution in [3.05, 3.63) is 0 Å². The third kappa shape index (κ3) is 3.95. The number of ether oxygens (including phenoxy) is 2. The van der Waals surface area contributed by atoms with Gasteiger partial charge in [0.25, 0.3) is 5.19 Å². The summed E-state index contributed by atoms with van der Waals surface area (Å²) in [5.41, 5.74) is 5.00. The van der Waals surface area contributed by atoms with E-state index in [0.29, 0.717) is 23.4 Å². The van der Waals surface area contributed by atoms with Crippen molar-refractivity contribution in [2.75, 3.05) is 18.8 Å². The van der Waals surface area contributed by atoms with Gasteiger partial charge in [0.1, 0.15) is 11.7 Å². The van der Waals surface area contributed by atoms with E-state index in [0.717, 1.165) is 6.42 Å². The minimum atomic E-state index is -0.482. The average Bonchev–Trinajstić information content (AvgIpc) is 2.86. The number of nitrogens with zero attached hydrogens (tertiary/aromatic N) is 3. The van der Waals surface area contributed by atoms with Crippen LogP contribution >= 0.6 is 11.3 Å². The summed E-state index contributed by atoms with van der Waals surface area (Å²) >= 11 is 1.19. The molecule has 19 heavy (non-hydrogen) atoms. The van der Waals surface area contributed by atoms with Crippen LogP contribution in [0.5, 0.6) is 5.19 Å². The van der Waals surface area contributed by atoms with Crippen molar-refractivity contribution in [2.24, 2.45) is 0 Å². The van der Waals surface area contributed by atoms with Crippen molar-refractivity contribution in [3.8, 4) is 5.19 Å². The summed E-state index contributed by atoms with van der Waals surface area (Å²) in [6.45, 7) is 6.65. The summed E-state index contributed by atoms with van der Waals surface area (Å²) in [6, 6.07) is 0. The molecule has 2 N–H and O–H groups in total. The van der Waals surface area contributed by atoms with E-state index in [-0.39, 0.29) is 12.2 Å². The molecule has 0 aromatic carbocycles. The number of amides is 1. The SMILES string of the molecule is CC(C)(C)OC(=O)N1CC[C@@H](Oc2nnc(N)s2)C1. The molecule has 1 aromatic rings. The van der Waals surface area contributed by atoms with Gasteiger partial charge in [-0.25, -0.2) is 4.79 Å². The summed E-state index contributed by atoms with van der Waals surface area (Å²) in [5.74, 6) is 0. The van der Waals surface area contributed by atoms with E-state index in [1.165, 1.54) is 11.3 Å². The van der Waals surface area contributed by atoms with Crippen LogP contribution in [0.15, 0.2) is 0 Å². The van der Waals surface area contributed by atoms with Crippen LogP contribution in [0.1, 0.15) is 27.2 Å². The number of hydrogen-bond donors (Lipinski definition) is 1. The predicted octanol–water partition coefficient (Wildman–Crippen LogP) is 1.51. The first-order valence-corrected chi connectivity index (χ1v) is 6.89. The van der Waals surface area contributed by atoms with Crippen LogP contribution in [-0.2, 0) is 4.74 Å². The van der Waals surface area contributed by atoms with Gasteiger partial charge in [-0.15, -0.1) is 5.10 Å². The second-order valence-corrected chi connectivity index (χ2v) is 6.33. The second-order valence-electron chi connectivity index (χ2n) is 5.36. The van der Waals surface area contributed by atoms with Gasteiger partial charge in [0.05, 0.1) is 6.54 Å². The van der Waals surface area contributed by atoms with Gasteiger partial charge in [-0.3, -0.25) is 0 Å². The number of carbonyl (C=O) groups excluding carboxylic acids is 1. The Morgan fingerprint density at radius 1 is 1.47 bits per heavy atom. The van der Waals surface area contributed by atoms with Crippen LogP contribution in [0, 0.1) is 0 Å². The standard InChI is InChI=1S/C11H18N4O3S/c1-11(2,3)18-10(16)15-5-4-7(6-15)17-9-14-13-8(12)19-9/h7H,4-6H2,1-3H3,(H2,12,13)/t7-/m1/s1. The Bertz CT molecular complexity index is 457. The molecular weight excluding hydrogens is 268 g/mol. The number of hydrogen-bond acceptors (Lipinski definition) is 7. The summed E-state index contributed by atoms with van der Waals surface area (Å²) in [5, 5.41) is 8.28. The van der Waals surface area contributed by atoms with Crippen molar-refractivity contribution in [1.82, 2.24) is 15.1 Å². The van der Waals surface area contributed by atoms with E-state index in [9.17, 15) is 4.79 Å². The topological polar surface area (TPSA) is 90.6 Å². The van der Waals surface area contributed by atoms with E-state index < -0.39 is 5.60 Å². The van der Waals surface area contributed by atoms with Crippen molar-refractivity contribution in [3.63, 3.8) is 0 Å². The zero-order chi connectivity index (χ0) is 14.0. The average molecular weight is 286 g/mol. The lowest BCUT2D eigenvalue weighted by atomic mass is 10.2. The van der Waals surface area contributed by atoms with E-state index in [1.807, 2.05) is 20.8 Å². The third-order valence-corrected chi connectivity index (χ3v) is 3.13. The summed E-state index contributed by atoms with van der Waals surface area (Å²) in [7, 11) is 0. The fourth-order valence-electron chi connectivity index (χ4n) is 1.73. The lowest BCUT2D eigenvalue weighted by molar-refractivity contribution is 0.0275. The highest BCUT2D eigenvalue weighted by Gasteiger charge is 2.31. The number of aromatic nitrogens is 2. The molecule has 0 saturated carbocycles. The molecule has 2 rings (SSSR count). The molecule has 1 aromatic heterocycles. The maximum absolute atomic E-state index is 11.9. The molecule has 1 aliphatic heterocycles. The molecule has 106 valence electrons. The number of nitrogens with two attached hydrogens (primary N) is 1. The van der Waals surface area contributed by atoms with Crippen molar-refractivity contribution in [2.45, 2.75) is 38.9 Å². The Morgan fingerprint density at radius 3 is 2.79 bits per heavy atom. The van der Waals surface area contributed by atoms with Gasteiger partial charge in [-0.2, -0.15) is 0 Å². The van der Waals surface area contributed by atoms with Crippen LogP contribution in [0.3, 0.4) is 0 Å². The molecule has 1 amide bonds. The van der Waals surface area contributed by atoms with Crippen LogP contribution in [0.2, 0.25) is 0 Å². The zero-order valence-electron chi connectivity index (χ0n) is 11.3. The highest BCUT2D eigenvalue weighted by atomic mass is 32.1. The predicted molar refractivity (Wildman–Crippen MR) is 71.2 cm³/mol. The molecule has 1 fully saturated rings. The number of rotatable bonds is 2. The quantitative estimate of drug-likeness (QED) is 0.886. The monoisotopic (exact) mass is 286 g/mol. The molecule has 1 atom stereocenters. The van der Waals surface area contributed by atoms with Gasteiger partial charge in [0.2, 0.25) is 5.13 Å². The molecule has 1 aliphatic rings. The van der Waals surface area contributed by atoms with Crippen LogP contribution in [0.25, 0.3) is 0 Å². The van der Waals surface area contributed by atoms with Gasteiger partial charge in [-0.05, 0) is 32.1 Å².